The molecule has 0 aliphatic carbocycles. The Bertz CT molecular complexity index is 892. The van der Waals surface area contributed by atoms with Crippen LogP contribution in [0.1, 0.15) is 19.4 Å². The van der Waals surface area contributed by atoms with Crippen LogP contribution < -0.4 is 10.9 Å². The fourth-order valence-electron chi connectivity index (χ4n) is 2.34. The molecular weight excluding hydrogens is 294 g/mol. The number of hydrogen-bond donors (Lipinski definition) is 1. The number of anilines is 1. The van der Waals surface area contributed by atoms with E-state index in [-0.39, 0.29) is 11.5 Å². The van der Waals surface area contributed by atoms with Crippen LogP contribution in [0.4, 0.5) is 5.69 Å². The van der Waals surface area contributed by atoms with Gasteiger partial charge in [-0.2, -0.15) is 4.68 Å². The molecule has 1 unspecified atom stereocenters. The molecule has 1 amide bonds. The number of amides is 1. The fraction of sp³-hybridized carbons (Fsp3) is 0.188. The molecule has 7 heteroatoms. The summed E-state index contributed by atoms with van der Waals surface area (Å²) >= 11 is 0. The monoisotopic (exact) mass is 309 g/mol. The smallest absolute Gasteiger partial charge is 0.278 e. The van der Waals surface area contributed by atoms with Crippen molar-refractivity contribution in [1.29, 1.82) is 0 Å². The minimum Gasteiger partial charge on any atom is -0.323 e. The molecule has 3 rings (SSSR count). The standard InChI is InChI=1S/C16H15N5O2/c1-2-14(15(22)18-11-6-5-9-17-10-11)21-16(23)12-7-3-4-8-13(12)19-20-21/h3-10,14H,2H2,1H3,(H,18,22). The molecule has 0 bridgehead atoms. The molecular formula is C16H15N5O2. The average Bonchev–Trinajstić information content (AvgIpc) is 2.58. The number of fused-ring (bicyclic) bond motifs is 1. The molecule has 0 aliphatic heterocycles. The maximum atomic E-state index is 12.6. The third-order valence-corrected chi connectivity index (χ3v) is 3.50. The summed E-state index contributed by atoms with van der Waals surface area (Å²) in [4.78, 5) is 29.0. The van der Waals surface area contributed by atoms with Gasteiger partial charge in [0.1, 0.15) is 11.6 Å². The quantitative estimate of drug-likeness (QED) is 0.793. The molecule has 2 aromatic heterocycles. The van der Waals surface area contributed by atoms with Crippen molar-refractivity contribution in [2.45, 2.75) is 19.4 Å². The number of benzene rings is 1. The van der Waals surface area contributed by atoms with Gasteiger partial charge in [0.2, 0.25) is 5.91 Å². The number of carbonyl (C=O) groups is 1. The summed E-state index contributed by atoms with van der Waals surface area (Å²) in [5.74, 6) is -0.327. The number of nitrogens with zero attached hydrogens (tertiary/aromatic N) is 4. The summed E-state index contributed by atoms with van der Waals surface area (Å²) in [7, 11) is 0. The zero-order valence-electron chi connectivity index (χ0n) is 12.5. The molecule has 2 heterocycles. The van der Waals surface area contributed by atoms with E-state index in [2.05, 4.69) is 20.6 Å². The Morgan fingerprint density at radius 1 is 1.26 bits per heavy atom. The molecule has 1 N–H and O–H groups in total. The molecule has 116 valence electrons. The molecule has 0 aliphatic rings. The first-order valence-electron chi connectivity index (χ1n) is 7.26. The van der Waals surface area contributed by atoms with E-state index in [0.29, 0.717) is 23.0 Å². The summed E-state index contributed by atoms with van der Waals surface area (Å²) in [6.07, 6.45) is 3.57. The molecule has 0 saturated carbocycles. The first kappa shape index (κ1) is 14.8. The summed E-state index contributed by atoms with van der Waals surface area (Å²) < 4.78 is 1.13. The van der Waals surface area contributed by atoms with Crippen LogP contribution in [0.3, 0.4) is 0 Å². The van der Waals surface area contributed by atoms with Gasteiger partial charge in [0.15, 0.2) is 0 Å². The number of hydrogen-bond acceptors (Lipinski definition) is 5. The SMILES string of the molecule is CCC(C(=O)Nc1cccnc1)n1nnc2ccccc2c1=O. The van der Waals surface area contributed by atoms with Gasteiger partial charge >= 0.3 is 0 Å². The van der Waals surface area contributed by atoms with Crippen molar-refractivity contribution in [2.75, 3.05) is 5.32 Å². The first-order chi connectivity index (χ1) is 11.2. The third kappa shape index (κ3) is 2.94. The molecule has 1 atom stereocenters. The highest BCUT2D eigenvalue weighted by Crippen LogP contribution is 2.13. The van der Waals surface area contributed by atoms with Crippen molar-refractivity contribution in [1.82, 2.24) is 20.0 Å². The van der Waals surface area contributed by atoms with Crippen LogP contribution in [-0.2, 0) is 4.79 Å². The number of rotatable bonds is 4. The van der Waals surface area contributed by atoms with E-state index in [9.17, 15) is 9.59 Å². The van der Waals surface area contributed by atoms with Crippen molar-refractivity contribution < 1.29 is 4.79 Å². The van der Waals surface area contributed by atoms with Crippen molar-refractivity contribution in [3.63, 3.8) is 0 Å². The Hall–Kier alpha value is -3.09. The van der Waals surface area contributed by atoms with E-state index >= 15 is 0 Å². The highest BCUT2D eigenvalue weighted by molar-refractivity contribution is 5.93. The van der Waals surface area contributed by atoms with Crippen LogP contribution in [0.15, 0.2) is 53.6 Å². The van der Waals surface area contributed by atoms with Gasteiger partial charge in [-0.25, -0.2) is 0 Å². The van der Waals surface area contributed by atoms with Gasteiger partial charge in [0.05, 0.1) is 17.3 Å². The third-order valence-electron chi connectivity index (χ3n) is 3.50. The summed E-state index contributed by atoms with van der Waals surface area (Å²) in [5.41, 5.74) is 0.748. The zero-order chi connectivity index (χ0) is 16.2. The predicted molar refractivity (Wildman–Crippen MR) is 86.0 cm³/mol. The number of carbonyl (C=O) groups excluding carboxylic acids is 1. The molecule has 0 radical (unpaired) electrons. The second-order valence-electron chi connectivity index (χ2n) is 5.01. The lowest BCUT2D eigenvalue weighted by atomic mass is 10.2. The second kappa shape index (κ2) is 6.35. The molecule has 0 fully saturated rings. The van der Waals surface area contributed by atoms with Gasteiger partial charge in [-0.05, 0) is 30.7 Å². The lowest BCUT2D eigenvalue weighted by Crippen LogP contribution is -2.35. The highest BCUT2D eigenvalue weighted by Gasteiger charge is 2.22. The second-order valence-corrected chi connectivity index (χ2v) is 5.01. The maximum Gasteiger partial charge on any atom is 0.278 e. The highest BCUT2D eigenvalue weighted by atomic mass is 16.2. The van der Waals surface area contributed by atoms with Gasteiger partial charge in [-0.15, -0.1) is 5.10 Å². The maximum absolute atomic E-state index is 12.6. The van der Waals surface area contributed by atoms with Gasteiger partial charge in [-0.1, -0.05) is 24.3 Å². The fourth-order valence-corrected chi connectivity index (χ4v) is 2.34. The van der Waals surface area contributed by atoms with Crippen molar-refractivity contribution in [2.24, 2.45) is 0 Å². The topological polar surface area (TPSA) is 89.8 Å². The summed E-state index contributed by atoms with van der Waals surface area (Å²) in [6, 6.07) is 9.64. The van der Waals surface area contributed by atoms with Crippen LogP contribution in [0.25, 0.3) is 10.9 Å². The lowest BCUT2D eigenvalue weighted by molar-refractivity contribution is -0.119. The number of aromatic nitrogens is 4. The molecule has 0 saturated heterocycles. The van der Waals surface area contributed by atoms with Gasteiger partial charge in [0, 0.05) is 6.20 Å². The zero-order valence-corrected chi connectivity index (χ0v) is 12.5. The van der Waals surface area contributed by atoms with Gasteiger partial charge in [0.25, 0.3) is 5.56 Å². The normalized spacial score (nSPS) is 12.0. The van der Waals surface area contributed by atoms with E-state index in [1.807, 2.05) is 6.92 Å². The van der Waals surface area contributed by atoms with Crippen LogP contribution >= 0.6 is 0 Å². The Kier molecular flexibility index (Phi) is 4.09. The predicted octanol–water partition coefficient (Wildman–Crippen LogP) is 1.78. The average molecular weight is 309 g/mol. The Labute approximate surface area is 132 Å². The lowest BCUT2D eigenvalue weighted by Gasteiger charge is -2.16. The Morgan fingerprint density at radius 2 is 2.09 bits per heavy atom. The summed E-state index contributed by atoms with van der Waals surface area (Å²) in [6.45, 7) is 1.82. The van der Waals surface area contributed by atoms with Crippen molar-refractivity contribution >= 4 is 22.5 Å². The largest absolute Gasteiger partial charge is 0.323 e. The summed E-state index contributed by atoms with van der Waals surface area (Å²) in [5, 5.41) is 11.1. The Morgan fingerprint density at radius 3 is 2.83 bits per heavy atom. The molecule has 3 aromatic rings. The molecule has 0 spiro atoms. The molecule has 1 aromatic carbocycles. The van der Waals surface area contributed by atoms with E-state index < -0.39 is 6.04 Å². The van der Waals surface area contributed by atoms with Gasteiger partial charge in [-0.3, -0.25) is 14.6 Å². The molecule has 7 nitrogen and oxygen atoms in total. The van der Waals surface area contributed by atoms with Crippen LogP contribution in [-0.4, -0.2) is 25.9 Å². The number of nitrogens with one attached hydrogen (secondary N) is 1. The van der Waals surface area contributed by atoms with E-state index in [1.54, 1.807) is 48.8 Å². The van der Waals surface area contributed by atoms with Crippen LogP contribution in [0.2, 0.25) is 0 Å². The Balaban J connectivity index is 1.96. The minimum absolute atomic E-state index is 0.327. The van der Waals surface area contributed by atoms with Crippen molar-refractivity contribution in [3.8, 4) is 0 Å². The van der Waals surface area contributed by atoms with E-state index in [1.165, 1.54) is 0 Å². The van der Waals surface area contributed by atoms with Crippen LogP contribution in [0.5, 0.6) is 0 Å². The van der Waals surface area contributed by atoms with Crippen molar-refractivity contribution in [3.05, 3.63) is 59.1 Å². The van der Waals surface area contributed by atoms with Crippen LogP contribution in [0, 0.1) is 0 Å². The first-order valence-corrected chi connectivity index (χ1v) is 7.26. The van der Waals surface area contributed by atoms with E-state index in [0.717, 1.165) is 4.68 Å². The molecule has 23 heavy (non-hydrogen) atoms. The van der Waals surface area contributed by atoms with E-state index in [4.69, 9.17) is 0 Å². The number of pyridine rings is 1. The van der Waals surface area contributed by atoms with Gasteiger partial charge < -0.3 is 5.32 Å². The minimum atomic E-state index is -0.736.